The van der Waals surface area contributed by atoms with E-state index in [4.69, 9.17) is 4.74 Å². The number of ether oxygens (including phenoxy) is 1. The molecule has 3 nitrogen and oxygen atoms in total. The molecule has 2 atom stereocenters. The molecule has 0 aliphatic heterocycles. The summed E-state index contributed by atoms with van der Waals surface area (Å²) in [6.45, 7) is 2.46. The molecule has 1 aliphatic rings. The fourth-order valence-electron chi connectivity index (χ4n) is 2.72. The minimum absolute atomic E-state index is 0.185. The summed E-state index contributed by atoms with van der Waals surface area (Å²) in [6.07, 6.45) is -0.336. The van der Waals surface area contributed by atoms with Gasteiger partial charge in [-0.2, -0.15) is 0 Å². The van der Waals surface area contributed by atoms with Gasteiger partial charge in [0.15, 0.2) is 0 Å². The van der Waals surface area contributed by atoms with E-state index in [1.165, 1.54) is 0 Å². The van der Waals surface area contributed by atoms with Crippen molar-refractivity contribution in [3.63, 3.8) is 0 Å². The van der Waals surface area contributed by atoms with Crippen LogP contribution in [0.1, 0.15) is 31.7 Å². The lowest BCUT2D eigenvalue weighted by atomic mass is 9.82. The zero-order chi connectivity index (χ0) is 15.3. The summed E-state index contributed by atoms with van der Waals surface area (Å²) in [5.41, 5.74) is 1.07. The third-order valence-electron chi connectivity index (χ3n) is 3.83. The lowest BCUT2D eigenvalue weighted by Gasteiger charge is -2.35. The summed E-state index contributed by atoms with van der Waals surface area (Å²) >= 11 is 0. The van der Waals surface area contributed by atoms with Crippen LogP contribution in [0.5, 0.6) is 0 Å². The second kappa shape index (κ2) is 6.98. The summed E-state index contributed by atoms with van der Waals surface area (Å²) in [4.78, 5) is 11.9. The van der Waals surface area contributed by atoms with E-state index < -0.39 is 24.2 Å². The Balaban J connectivity index is 1.99. The van der Waals surface area contributed by atoms with Crippen LogP contribution in [0.3, 0.4) is 0 Å². The number of carbonyl (C=O) groups excluding carboxylic acids is 1. The van der Waals surface area contributed by atoms with Gasteiger partial charge in [0.25, 0.3) is 0 Å². The van der Waals surface area contributed by atoms with Crippen molar-refractivity contribution in [3.8, 4) is 0 Å². The average molecular weight is 297 g/mol. The molecule has 0 unspecified atom stereocenters. The highest BCUT2D eigenvalue weighted by molar-refractivity contribution is 5.73. The number of nitrogens with one attached hydrogen (secondary N) is 1. The van der Waals surface area contributed by atoms with E-state index in [9.17, 15) is 13.6 Å². The Bertz CT molecular complexity index is 465. The van der Waals surface area contributed by atoms with E-state index in [1.807, 2.05) is 30.3 Å². The van der Waals surface area contributed by atoms with Gasteiger partial charge in [0.1, 0.15) is 0 Å². The van der Waals surface area contributed by atoms with Gasteiger partial charge in [-0.3, -0.25) is 4.79 Å². The van der Waals surface area contributed by atoms with Crippen LogP contribution in [0, 0.1) is 5.92 Å². The van der Waals surface area contributed by atoms with Crippen molar-refractivity contribution in [3.05, 3.63) is 35.9 Å². The number of alkyl halides is 2. The lowest BCUT2D eigenvalue weighted by molar-refractivity contribution is -0.157. The van der Waals surface area contributed by atoms with Gasteiger partial charge in [-0.1, -0.05) is 30.3 Å². The third-order valence-corrected chi connectivity index (χ3v) is 3.83. The SMILES string of the molecule is CCOC(=O)[C@@H]1CC(F)(F)CC[C@@H]1NCc1ccccc1. The van der Waals surface area contributed by atoms with Crippen LogP contribution in [0.25, 0.3) is 0 Å². The molecule has 1 aromatic carbocycles. The molecule has 0 spiro atoms. The zero-order valence-electron chi connectivity index (χ0n) is 12.1. The molecule has 1 fully saturated rings. The van der Waals surface area contributed by atoms with Crippen molar-refractivity contribution in [1.82, 2.24) is 5.32 Å². The topological polar surface area (TPSA) is 38.3 Å². The van der Waals surface area contributed by atoms with E-state index >= 15 is 0 Å². The first-order chi connectivity index (χ1) is 10.0. The first-order valence-electron chi connectivity index (χ1n) is 7.33. The number of esters is 1. The third kappa shape index (κ3) is 4.49. The minimum atomic E-state index is -2.78. The number of halogens is 2. The molecule has 1 aliphatic carbocycles. The number of carbonyl (C=O) groups is 1. The number of hydrogen-bond acceptors (Lipinski definition) is 3. The maximum absolute atomic E-state index is 13.6. The highest BCUT2D eigenvalue weighted by Gasteiger charge is 2.45. The van der Waals surface area contributed by atoms with Crippen LogP contribution in [-0.2, 0) is 16.1 Å². The van der Waals surface area contributed by atoms with Crippen molar-refractivity contribution in [2.45, 2.75) is 44.7 Å². The van der Waals surface area contributed by atoms with Crippen molar-refractivity contribution in [2.24, 2.45) is 5.92 Å². The van der Waals surface area contributed by atoms with Gasteiger partial charge in [0.2, 0.25) is 5.92 Å². The first kappa shape index (κ1) is 15.9. The molecule has 116 valence electrons. The van der Waals surface area contributed by atoms with Crippen LogP contribution in [0.15, 0.2) is 30.3 Å². The molecule has 0 amide bonds. The summed E-state index contributed by atoms with van der Waals surface area (Å²) in [6, 6.07) is 9.44. The number of benzene rings is 1. The lowest BCUT2D eigenvalue weighted by Crippen LogP contribution is -2.47. The predicted octanol–water partition coefficient (Wildman–Crippen LogP) is 3.14. The Labute approximate surface area is 123 Å². The summed E-state index contributed by atoms with van der Waals surface area (Å²) < 4.78 is 32.1. The summed E-state index contributed by atoms with van der Waals surface area (Å²) in [7, 11) is 0. The Hall–Kier alpha value is -1.49. The molecule has 21 heavy (non-hydrogen) atoms. The molecule has 0 radical (unpaired) electrons. The molecule has 1 saturated carbocycles. The fraction of sp³-hybridized carbons (Fsp3) is 0.562. The molecule has 0 aromatic heterocycles. The molecule has 0 bridgehead atoms. The van der Waals surface area contributed by atoms with Gasteiger partial charge < -0.3 is 10.1 Å². The van der Waals surface area contributed by atoms with E-state index in [1.54, 1.807) is 6.92 Å². The van der Waals surface area contributed by atoms with Crippen LogP contribution >= 0.6 is 0 Å². The normalized spacial score (nSPS) is 24.5. The van der Waals surface area contributed by atoms with E-state index in [0.717, 1.165) is 5.56 Å². The molecule has 1 N–H and O–H groups in total. The quantitative estimate of drug-likeness (QED) is 0.849. The number of hydrogen-bond donors (Lipinski definition) is 1. The van der Waals surface area contributed by atoms with Crippen molar-refractivity contribution in [2.75, 3.05) is 6.61 Å². The second-order valence-corrected chi connectivity index (χ2v) is 5.43. The van der Waals surface area contributed by atoms with Gasteiger partial charge in [-0.25, -0.2) is 8.78 Å². The monoisotopic (exact) mass is 297 g/mol. The highest BCUT2D eigenvalue weighted by Crippen LogP contribution is 2.37. The number of rotatable bonds is 5. The molecule has 1 aromatic rings. The van der Waals surface area contributed by atoms with E-state index in [0.29, 0.717) is 6.54 Å². The van der Waals surface area contributed by atoms with Gasteiger partial charge in [-0.05, 0) is 18.9 Å². The van der Waals surface area contributed by atoms with E-state index in [-0.39, 0.29) is 25.5 Å². The average Bonchev–Trinajstić information content (AvgIpc) is 2.46. The Morgan fingerprint density at radius 1 is 1.38 bits per heavy atom. The maximum Gasteiger partial charge on any atom is 0.310 e. The van der Waals surface area contributed by atoms with E-state index in [2.05, 4.69) is 5.32 Å². The van der Waals surface area contributed by atoms with Gasteiger partial charge in [-0.15, -0.1) is 0 Å². The molecule has 0 heterocycles. The second-order valence-electron chi connectivity index (χ2n) is 5.43. The molecular weight excluding hydrogens is 276 g/mol. The van der Waals surface area contributed by atoms with Crippen molar-refractivity contribution < 1.29 is 18.3 Å². The molecule has 0 saturated heterocycles. The minimum Gasteiger partial charge on any atom is -0.466 e. The Kier molecular flexibility index (Phi) is 5.28. The van der Waals surface area contributed by atoms with Gasteiger partial charge >= 0.3 is 5.97 Å². The zero-order valence-corrected chi connectivity index (χ0v) is 12.1. The molecular formula is C16H21F2NO2. The van der Waals surface area contributed by atoms with Crippen LogP contribution in [-0.4, -0.2) is 24.5 Å². The first-order valence-corrected chi connectivity index (χ1v) is 7.33. The van der Waals surface area contributed by atoms with Gasteiger partial charge in [0.05, 0.1) is 12.5 Å². The van der Waals surface area contributed by atoms with Gasteiger partial charge in [0, 0.05) is 25.4 Å². The van der Waals surface area contributed by atoms with Crippen LogP contribution in [0.2, 0.25) is 0 Å². The molecule has 2 rings (SSSR count). The standard InChI is InChI=1S/C16H21F2NO2/c1-2-21-15(20)13-10-16(17,18)9-8-14(13)19-11-12-6-4-3-5-7-12/h3-7,13-14,19H,2,8-11H2,1H3/t13-,14+/m1/s1. The molecule has 5 heteroatoms. The predicted molar refractivity (Wildman–Crippen MR) is 76.0 cm³/mol. The Morgan fingerprint density at radius 2 is 2.10 bits per heavy atom. The van der Waals surface area contributed by atoms with Crippen LogP contribution < -0.4 is 5.32 Å². The smallest absolute Gasteiger partial charge is 0.310 e. The largest absolute Gasteiger partial charge is 0.466 e. The Morgan fingerprint density at radius 3 is 2.76 bits per heavy atom. The fourth-order valence-corrected chi connectivity index (χ4v) is 2.72. The maximum atomic E-state index is 13.6. The van der Waals surface area contributed by atoms with Crippen molar-refractivity contribution in [1.29, 1.82) is 0 Å². The summed E-state index contributed by atoms with van der Waals surface area (Å²) in [5, 5.41) is 3.23. The highest BCUT2D eigenvalue weighted by atomic mass is 19.3. The van der Waals surface area contributed by atoms with Crippen molar-refractivity contribution >= 4 is 5.97 Å². The summed E-state index contributed by atoms with van der Waals surface area (Å²) in [5.74, 6) is -4.08. The van der Waals surface area contributed by atoms with Crippen LogP contribution in [0.4, 0.5) is 8.78 Å².